The van der Waals surface area contributed by atoms with Crippen molar-refractivity contribution in [2.75, 3.05) is 14.2 Å². The number of benzene rings is 1. The molecular formula is C23H27ClN2O4. The summed E-state index contributed by atoms with van der Waals surface area (Å²) in [6.45, 7) is 3.37. The number of halogens is 1. The van der Waals surface area contributed by atoms with Gasteiger partial charge >= 0.3 is 5.97 Å². The highest BCUT2D eigenvalue weighted by Gasteiger charge is 2.37. The molecule has 0 saturated heterocycles. The van der Waals surface area contributed by atoms with Gasteiger partial charge in [0.05, 0.1) is 18.8 Å². The summed E-state index contributed by atoms with van der Waals surface area (Å²) in [6, 6.07) is 5.78. The van der Waals surface area contributed by atoms with Gasteiger partial charge in [0.1, 0.15) is 6.04 Å². The van der Waals surface area contributed by atoms with Crippen molar-refractivity contribution in [3.8, 4) is 23.7 Å². The van der Waals surface area contributed by atoms with E-state index in [1.165, 1.54) is 7.11 Å². The van der Waals surface area contributed by atoms with Crippen molar-refractivity contribution in [2.45, 2.75) is 50.8 Å². The number of esters is 1. The van der Waals surface area contributed by atoms with Gasteiger partial charge in [-0.05, 0) is 81.0 Å². The van der Waals surface area contributed by atoms with E-state index in [0.29, 0.717) is 5.56 Å². The summed E-state index contributed by atoms with van der Waals surface area (Å²) < 4.78 is 10.2. The van der Waals surface area contributed by atoms with Gasteiger partial charge in [0.2, 0.25) is 0 Å². The van der Waals surface area contributed by atoms with Crippen LogP contribution in [0.3, 0.4) is 0 Å². The lowest BCUT2D eigenvalue weighted by molar-refractivity contribution is -0.144. The summed E-state index contributed by atoms with van der Waals surface area (Å²) in [4.78, 5) is 27.1. The van der Waals surface area contributed by atoms with Crippen LogP contribution < -0.4 is 10.2 Å². The fourth-order valence-corrected chi connectivity index (χ4v) is 3.34. The fourth-order valence-electron chi connectivity index (χ4n) is 3.23. The summed E-state index contributed by atoms with van der Waals surface area (Å²) in [7, 11) is 2.97. The highest BCUT2D eigenvalue weighted by Crippen LogP contribution is 2.26. The molecule has 1 saturated carbocycles. The molecule has 0 bridgehead atoms. The van der Waals surface area contributed by atoms with Crippen molar-refractivity contribution in [1.82, 2.24) is 10.2 Å². The lowest BCUT2D eigenvalue weighted by Crippen LogP contribution is -2.59. The van der Waals surface area contributed by atoms with Gasteiger partial charge in [0, 0.05) is 24.2 Å². The maximum atomic E-state index is 12.6. The van der Waals surface area contributed by atoms with Crippen LogP contribution in [0.25, 0.3) is 0 Å². The number of ether oxygens (including phenoxy) is 2. The second-order valence-electron chi connectivity index (χ2n) is 7.65. The van der Waals surface area contributed by atoms with E-state index in [1.807, 2.05) is 0 Å². The van der Waals surface area contributed by atoms with Crippen molar-refractivity contribution in [3.63, 3.8) is 0 Å². The quantitative estimate of drug-likeness (QED) is 0.412. The maximum Gasteiger partial charge on any atom is 0.330 e. The Morgan fingerprint density at radius 3 is 2.47 bits per heavy atom. The maximum absolute atomic E-state index is 12.6. The van der Waals surface area contributed by atoms with Crippen LogP contribution in [0.5, 0.6) is 0 Å². The Labute approximate surface area is 183 Å². The molecule has 0 radical (unpaired) electrons. The van der Waals surface area contributed by atoms with E-state index >= 15 is 0 Å². The van der Waals surface area contributed by atoms with E-state index in [-0.39, 0.29) is 12.0 Å². The highest BCUT2D eigenvalue weighted by atomic mass is 35.5. The minimum Gasteiger partial charge on any atom is -0.467 e. The number of nitrogens with one attached hydrogen (secondary N) is 2. The molecule has 1 amide bonds. The van der Waals surface area contributed by atoms with Crippen LogP contribution >= 0.6 is 11.8 Å². The fraction of sp³-hybridized carbons (Fsp3) is 0.478. The molecule has 2 rings (SSSR count). The second-order valence-corrected chi connectivity index (χ2v) is 7.84. The number of rotatable bonds is 6. The smallest absolute Gasteiger partial charge is 0.330 e. The number of carbonyl (C=O) groups excluding carboxylic acids is 2. The molecule has 1 aliphatic rings. The van der Waals surface area contributed by atoms with Gasteiger partial charge in [-0.25, -0.2) is 9.63 Å². The predicted octanol–water partition coefficient (Wildman–Crippen LogP) is 2.65. The Bertz CT molecular complexity index is 874. The van der Waals surface area contributed by atoms with Gasteiger partial charge < -0.3 is 14.8 Å². The van der Waals surface area contributed by atoms with Crippen LogP contribution in [0.2, 0.25) is 0 Å². The molecule has 0 spiro atoms. The number of methoxy groups -OCH3 is 2. The molecule has 0 heterocycles. The first-order valence-corrected chi connectivity index (χ1v) is 10.1. The first kappa shape index (κ1) is 23.8. The number of carbonyl (C=O) groups is 2. The Morgan fingerprint density at radius 2 is 1.87 bits per heavy atom. The highest BCUT2D eigenvalue weighted by molar-refractivity contribution is 6.14. The summed E-state index contributed by atoms with van der Waals surface area (Å²) in [5, 5.41) is 2.66. The molecule has 1 fully saturated rings. The average Bonchev–Trinajstić information content (AvgIpc) is 3.22. The molecule has 160 valence electrons. The van der Waals surface area contributed by atoms with Crippen LogP contribution in [0.4, 0.5) is 0 Å². The van der Waals surface area contributed by atoms with Gasteiger partial charge in [0.25, 0.3) is 5.91 Å². The molecule has 2 N–H and O–H groups in total. The monoisotopic (exact) mass is 430 g/mol. The van der Waals surface area contributed by atoms with Gasteiger partial charge in [0.15, 0.2) is 0 Å². The van der Waals surface area contributed by atoms with Crippen LogP contribution in [-0.4, -0.2) is 43.8 Å². The summed E-state index contributed by atoms with van der Waals surface area (Å²) in [6.07, 6.45) is 3.41. The van der Waals surface area contributed by atoms with Gasteiger partial charge in [-0.2, -0.15) is 0 Å². The molecule has 1 aromatic carbocycles. The molecule has 6 nitrogen and oxygen atoms in total. The van der Waals surface area contributed by atoms with Crippen LogP contribution in [0, 0.1) is 29.6 Å². The molecule has 1 aromatic rings. The average molecular weight is 431 g/mol. The molecule has 7 heteroatoms. The predicted molar refractivity (Wildman–Crippen MR) is 116 cm³/mol. The molecule has 1 aliphatic carbocycles. The van der Waals surface area contributed by atoms with E-state index in [1.54, 1.807) is 45.2 Å². The third kappa shape index (κ3) is 6.24. The van der Waals surface area contributed by atoms with E-state index in [9.17, 15) is 9.59 Å². The third-order valence-electron chi connectivity index (χ3n) is 5.11. The van der Waals surface area contributed by atoms with E-state index in [2.05, 4.69) is 33.8 Å². The Hall–Kier alpha value is -2.51. The zero-order chi connectivity index (χ0) is 22.1. The molecule has 30 heavy (non-hydrogen) atoms. The lowest BCUT2D eigenvalue weighted by Gasteiger charge is -2.31. The minimum atomic E-state index is -0.964. The Kier molecular flexibility index (Phi) is 8.74. The van der Waals surface area contributed by atoms with Crippen LogP contribution in [0.1, 0.15) is 49.0 Å². The van der Waals surface area contributed by atoms with Crippen LogP contribution in [0.15, 0.2) is 24.3 Å². The Morgan fingerprint density at radius 1 is 1.17 bits per heavy atom. The third-order valence-corrected chi connectivity index (χ3v) is 5.59. The van der Waals surface area contributed by atoms with Crippen molar-refractivity contribution < 1.29 is 19.1 Å². The van der Waals surface area contributed by atoms with Crippen molar-refractivity contribution in [1.29, 1.82) is 0 Å². The zero-order valence-corrected chi connectivity index (χ0v) is 18.4. The number of hydrogen-bond acceptors (Lipinski definition) is 5. The number of amides is 1. The van der Waals surface area contributed by atoms with Gasteiger partial charge in [-0.3, -0.25) is 4.79 Å². The van der Waals surface area contributed by atoms with E-state index in [4.69, 9.17) is 21.3 Å². The molecule has 0 unspecified atom stereocenters. The van der Waals surface area contributed by atoms with Crippen LogP contribution in [-0.2, 0) is 14.3 Å². The largest absolute Gasteiger partial charge is 0.467 e. The van der Waals surface area contributed by atoms with E-state index in [0.717, 1.165) is 24.8 Å². The molecule has 0 aliphatic heterocycles. The normalized spacial score (nSPS) is 19.0. The van der Waals surface area contributed by atoms with E-state index < -0.39 is 23.5 Å². The second kappa shape index (κ2) is 11.0. The Balaban J connectivity index is 2.03. The molecule has 3 atom stereocenters. The zero-order valence-electron chi connectivity index (χ0n) is 17.7. The number of hydrogen-bond donors (Lipinski definition) is 2. The summed E-state index contributed by atoms with van der Waals surface area (Å²) in [5.74, 6) is 11.1. The standard InChI is InChI=1S/C23H27ClN2O4/c1-23(2,26-24)20(22(28)30-4)25-21(27)18-14-12-16(13-15-18)8-5-6-9-17-10-7-11-19(17)29-3/h12-15,17,19-20,26H,7,10-11H2,1-4H3,(H,25,27)/t17-,19-,20+/m0/s1. The summed E-state index contributed by atoms with van der Waals surface area (Å²) >= 11 is 5.72. The van der Waals surface area contributed by atoms with Crippen molar-refractivity contribution in [2.24, 2.45) is 5.92 Å². The van der Waals surface area contributed by atoms with Crippen molar-refractivity contribution >= 4 is 23.7 Å². The van der Waals surface area contributed by atoms with Gasteiger partial charge in [-0.1, -0.05) is 11.8 Å². The van der Waals surface area contributed by atoms with Gasteiger partial charge in [-0.15, -0.1) is 0 Å². The molecule has 0 aromatic heterocycles. The molecular weight excluding hydrogens is 404 g/mol. The SMILES string of the molecule is COC(=O)[C@@H](NC(=O)c1ccc(C#CC#C[C@H]2CCC[C@@H]2OC)cc1)C(C)(C)NCl. The topological polar surface area (TPSA) is 76.7 Å². The first-order valence-electron chi connectivity index (χ1n) is 9.73. The summed E-state index contributed by atoms with van der Waals surface area (Å²) in [5.41, 5.74) is 0.220. The lowest BCUT2D eigenvalue weighted by atomic mass is 9.95. The minimum absolute atomic E-state index is 0.199. The van der Waals surface area contributed by atoms with Crippen molar-refractivity contribution in [3.05, 3.63) is 35.4 Å². The first-order chi connectivity index (χ1) is 14.3.